The van der Waals surface area contributed by atoms with Gasteiger partial charge in [-0.15, -0.1) is 0 Å². The molecular formula is C9H17NO3S. The van der Waals surface area contributed by atoms with Gasteiger partial charge in [0.05, 0.1) is 17.6 Å². The van der Waals surface area contributed by atoms with Gasteiger partial charge in [0.1, 0.15) is 9.84 Å². The summed E-state index contributed by atoms with van der Waals surface area (Å²) in [6, 6.07) is 1.99. The van der Waals surface area contributed by atoms with Gasteiger partial charge in [-0.1, -0.05) is 0 Å². The summed E-state index contributed by atoms with van der Waals surface area (Å²) in [6.07, 6.45) is 2.24. The molecule has 4 nitrogen and oxygen atoms in total. The fourth-order valence-corrected chi connectivity index (χ4v) is 2.46. The highest BCUT2D eigenvalue weighted by Gasteiger charge is 2.09. The van der Waals surface area contributed by atoms with Crippen LogP contribution in [-0.2, 0) is 14.6 Å². The molecule has 0 N–H and O–H groups in total. The van der Waals surface area contributed by atoms with Gasteiger partial charge in [0.2, 0.25) is 0 Å². The Bertz CT molecular complexity index is 266. The number of hydrogen-bond acceptors (Lipinski definition) is 4. The molecule has 0 amide bonds. The lowest BCUT2D eigenvalue weighted by molar-refractivity contribution is 0.199. The molecule has 0 aromatic carbocycles. The summed E-state index contributed by atoms with van der Waals surface area (Å²) in [4.78, 5) is 0. The van der Waals surface area contributed by atoms with Crippen LogP contribution in [0.5, 0.6) is 0 Å². The minimum atomic E-state index is -2.92. The van der Waals surface area contributed by atoms with Gasteiger partial charge in [0.25, 0.3) is 0 Å². The fourth-order valence-electron chi connectivity index (χ4n) is 1.05. The van der Waals surface area contributed by atoms with Crippen LogP contribution in [-0.4, -0.2) is 33.6 Å². The minimum absolute atomic E-state index is 0.188. The van der Waals surface area contributed by atoms with Crippen molar-refractivity contribution in [2.45, 2.75) is 25.7 Å². The summed E-state index contributed by atoms with van der Waals surface area (Å²) >= 11 is 0. The third kappa shape index (κ3) is 8.02. The minimum Gasteiger partial charge on any atom is -0.385 e. The predicted octanol–water partition coefficient (Wildman–Crippen LogP) is 1.13. The molecule has 82 valence electrons. The number of hydrogen-bond donors (Lipinski definition) is 0. The summed E-state index contributed by atoms with van der Waals surface area (Å²) in [7, 11) is -1.37. The van der Waals surface area contributed by atoms with Crippen LogP contribution < -0.4 is 0 Å². The molecule has 0 aliphatic heterocycles. The molecule has 0 saturated heterocycles. The van der Waals surface area contributed by atoms with Crippen molar-refractivity contribution >= 4 is 9.84 Å². The zero-order valence-electron chi connectivity index (χ0n) is 8.53. The largest absolute Gasteiger partial charge is 0.385 e. The highest BCUT2D eigenvalue weighted by molar-refractivity contribution is 7.91. The molecule has 0 radical (unpaired) electrons. The Balaban J connectivity index is 3.58. The average molecular weight is 219 g/mol. The van der Waals surface area contributed by atoms with Crippen molar-refractivity contribution in [1.82, 2.24) is 0 Å². The number of sulfone groups is 1. The Kier molecular flexibility index (Phi) is 7.44. The van der Waals surface area contributed by atoms with Gasteiger partial charge in [-0.05, 0) is 19.3 Å². The third-order valence-corrected chi connectivity index (χ3v) is 3.62. The number of methoxy groups -OCH3 is 1. The molecule has 0 spiro atoms. The van der Waals surface area contributed by atoms with Crippen LogP contribution in [0.2, 0.25) is 0 Å². The summed E-state index contributed by atoms with van der Waals surface area (Å²) in [5.41, 5.74) is 0. The molecule has 0 aliphatic carbocycles. The first-order valence-electron chi connectivity index (χ1n) is 4.68. The first-order valence-corrected chi connectivity index (χ1v) is 6.51. The molecule has 14 heavy (non-hydrogen) atoms. The van der Waals surface area contributed by atoms with Gasteiger partial charge in [0, 0.05) is 20.1 Å². The van der Waals surface area contributed by atoms with Crippen LogP contribution >= 0.6 is 0 Å². The van der Waals surface area contributed by atoms with Gasteiger partial charge in [-0.3, -0.25) is 0 Å². The van der Waals surface area contributed by atoms with Gasteiger partial charge in [0.15, 0.2) is 0 Å². The van der Waals surface area contributed by atoms with E-state index in [1.165, 1.54) is 0 Å². The summed E-state index contributed by atoms with van der Waals surface area (Å²) < 4.78 is 27.4. The van der Waals surface area contributed by atoms with E-state index in [2.05, 4.69) is 0 Å². The van der Waals surface area contributed by atoms with E-state index < -0.39 is 9.84 Å². The zero-order chi connectivity index (χ0) is 10.9. The topological polar surface area (TPSA) is 67.2 Å². The maximum atomic E-state index is 11.3. The molecule has 0 unspecified atom stereocenters. The van der Waals surface area contributed by atoms with E-state index in [0.29, 0.717) is 32.3 Å². The Morgan fingerprint density at radius 3 is 2.43 bits per heavy atom. The van der Waals surface area contributed by atoms with Crippen LogP contribution in [0.15, 0.2) is 0 Å². The second-order valence-electron chi connectivity index (χ2n) is 3.11. The lowest BCUT2D eigenvalue weighted by Gasteiger charge is -2.02. The van der Waals surface area contributed by atoms with E-state index >= 15 is 0 Å². The number of rotatable bonds is 8. The normalized spacial score (nSPS) is 11.1. The first-order chi connectivity index (χ1) is 6.62. The number of nitriles is 1. The highest BCUT2D eigenvalue weighted by atomic mass is 32.2. The van der Waals surface area contributed by atoms with Gasteiger partial charge in [-0.25, -0.2) is 8.42 Å². The highest BCUT2D eigenvalue weighted by Crippen LogP contribution is 2.01. The standard InChI is InChI=1S/C9H17NO3S/c1-13-7-5-9-14(11,12)8-4-2-3-6-10/h2-5,7-9H2,1H3. The fraction of sp³-hybridized carbons (Fsp3) is 0.889. The van der Waals surface area contributed by atoms with Crippen LogP contribution in [0.1, 0.15) is 25.7 Å². The molecule has 0 rings (SSSR count). The SMILES string of the molecule is COCCCS(=O)(=O)CCCCC#N. The maximum absolute atomic E-state index is 11.3. The Labute approximate surface area is 85.8 Å². The van der Waals surface area contributed by atoms with Crippen molar-refractivity contribution in [3.05, 3.63) is 0 Å². The van der Waals surface area contributed by atoms with Crippen molar-refractivity contribution < 1.29 is 13.2 Å². The molecule has 0 atom stereocenters. The van der Waals surface area contributed by atoms with Crippen LogP contribution in [0.4, 0.5) is 0 Å². The summed E-state index contributed by atoms with van der Waals surface area (Å²) in [6.45, 7) is 0.484. The van der Waals surface area contributed by atoms with Crippen molar-refractivity contribution in [3.8, 4) is 6.07 Å². The van der Waals surface area contributed by atoms with E-state index in [0.717, 1.165) is 0 Å². The number of nitrogens with zero attached hydrogens (tertiary/aromatic N) is 1. The molecule has 0 heterocycles. The van der Waals surface area contributed by atoms with Gasteiger partial charge >= 0.3 is 0 Å². The second-order valence-corrected chi connectivity index (χ2v) is 5.42. The lowest BCUT2D eigenvalue weighted by atomic mass is 10.3. The maximum Gasteiger partial charge on any atom is 0.150 e. The number of unbranched alkanes of at least 4 members (excludes halogenated alkanes) is 2. The smallest absolute Gasteiger partial charge is 0.150 e. The van der Waals surface area contributed by atoms with E-state index in [4.69, 9.17) is 10.00 Å². The van der Waals surface area contributed by atoms with Crippen LogP contribution in [0.3, 0.4) is 0 Å². The van der Waals surface area contributed by atoms with E-state index in [1.807, 2.05) is 6.07 Å². The van der Waals surface area contributed by atoms with Gasteiger partial charge in [-0.2, -0.15) is 5.26 Å². The monoisotopic (exact) mass is 219 g/mol. The molecule has 0 bridgehead atoms. The second kappa shape index (κ2) is 7.77. The first kappa shape index (κ1) is 13.4. The lowest BCUT2D eigenvalue weighted by Crippen LogP contribution is -2.12. The predicted molar refractivity (Wildman–Crippen MR) is 54.6 cm³/mol. The van der Waals surface area contributed by atoms with Crippen LogP contribution in [0.25, 0.3) is 0 Å². The Morgan fingerprint density at radius 2 is 1.86 bits per heavy atom. The summed E-state index contributed by atoms with van der Waals surface area (Å²) in [5, 5.41) is 8.25. The molecular weight excluding hydrogens is 202 g/mol. The Morgan fingerprint density at radius 1 is 1.21 bits per heavy atom. The summed E-state index contributed by atoms with van der Waals surface area (Å²) in [5.74, 6) is 0.381. The quantitative estimate of drug-likeness (QED) is 0.574. The molecule has 0 aliphatic rings. The zero-order valence-corrected chi connectivity index (χ0v) is 9.35. The van der Waals surface area contributed by atoms with E-state index in [1.54, 1.807) is 7.11 Å². The van der Waals surface area contributed by atoms with Crippen molar-refractivity contribution in [2.24, 2.45) is 0 Å². The Hall–Kier alpha value is -0.600. The van der Waals surface area contributed by atoms with Crippen molar-refractivity contribution in [3.63, 3.8) is 0 Å². The number of ether oxygens (including phenoxy) is 1. The van der Waals surface area contributed by atoms with Crippen molar-refractivity contribution in [1.29, 1.82) is 5.26 Å². The molecule has 0 aromatic rings. The van der Waals surface area contributed by atoms with E-state index in [9.17, 15) is 8.42 Å². The third-order valence-electron chi connectivity index (χ3n) is 1.80. The van der Waals surface area contributed by atoms with Gasteiger partial charge < -0.3 is 4.74 Å². The molecule has 0 fully saturated rings. The molecule has 5 heteroatoms. The van der Waals surface area contributed by atoms with Crippen molar-refractivity contribution in [2.75, 3.05) is 25.2 Å². The van der Waals surface area contributed by atoms with E-state index in [-0.39, 0.29) is 11.5 Å². The van der Waals surface area contributed by atoms with Crippen LogP contribution in [0, 0.1) is 11.3 Å². The molecule has 0 saturated carbocycles. The molecule has 0 aromatic heterocycles. The average Bonchev–Trinajstić information content (AvgIpc) is 2.13.